The maximum absolute atomic E-state index is 6.74. The lowest BCUT2D eigenvalue weighted by atomic mass is 9.33. The number of aryl methyl sites for hydroxylation is 1. The first-order valence-corrected chi connectivity index (χ1v) is 27.2. The van der Waals surface area contributed by atoms with Crippen LogP contribution in [0.5, 0.6) is 0 Å². The number of nitrogens with zero attached hydrogens (tertiary/aromatic N) is 3. The molecule has 0 amide bonds. The van der Waals surface area contributed by atoms with Gasteiger partial charge in [-0.25, -0.2) is 0 Å². The van der Waals surface area contributed by atoms with Crippen LogP contribution in [-0.4, -0.2) is 17.8 Å². The monoisotopic (exact) mass is 922 g/mol. The van der Waals surface area contributed by atoms with Gasteiger partial charge in [-0.05, 0) is 174 Å². The molecule has 2 fully saturated rings. The molecule has 0 radical (unpaired) electrons. The van der Waals surface area contributed by atoms with Gasteiger partial charge in [0.1, 0.15) is 11.2 Å². The number of anilines is 7. The maximum Gasteiger partial charge on any atom is 0.252 e. The summed E-state index contributed by atoms with van der Waals surface area (Å²) in [7, 11) is 0. The molecule has 4 nitrogen and oxygen atoms in total. The largest absolute Gasteiger partial charge is 0.456 e. The highest BCUT2D eigenvalue weighted by atomic mass is 16.3. The Bertz CT molecular complexity index is 3460. The second-order valence-electron chi connectivity index (χ2n) is 26.7. The molecule has 7 aliphatic rings. The Labute approximate surface area is 417 Å². The van der Waals surface area contributed by atoms with Gasteiger partial charge >= 0.3 is 0 Å². The van der Waals surface area contributed by atoms with Crippen LogP contribution >= 0.6 is 0 Å². The van der Waals surface area contributed by atoms with Crippen molar-refractivity contribution in [2.24, 2.45) is 0 Å². The average molecular weight is 922 g/mol. The topological polar surface area (TPSA) is 22.9 Å². The molecule has 4 unspecified atom stereocenters. The molecule has 0 spiro atoms. The summed E-state index contributed by atoms with van der Waals surface area (Å²) in [4.78, 5) is 8.46. The zero-order valence-corrected chi connectivity index (χ0v) is 44.1. The first-order valence-electron chi connectivity index (χ1n) is 27.2. The number of furan rings is 1. The van der Waals surface area contributed by atoms with E-state index in [1.165, 1.54) is 142 Å². The van der Waals surface area contributed by atoms with Crippen LogP contribution < -0.4 is 31.1 Å². The van der Waals surface area contributed by atoms with Gasteiger partial charge in [0, 0.05) is 50.3 Å². The summed E-state index contributed by atoms with van der Waals surface area (Å²) in [5, 5.41) is 2.35. The predicted octanol–water partition coefficient (Wildman–Crippen LogP) is 15.6. The second-order valence-corrected chi connectivity index (χ2v) is 26.7. The quantitative estimate of drug-likeness (QED) is 0.161. The van der Waals surface area contributed by atoms with Crippen molar-refractivity contribution in [3.63, 3.8) is 0 Å². The molecule has 0 N–H and O–H groups in total. The van der Waals surface area contributed by atoms with Crippen LogP contribution in [0.2, 0.25) is 0 Å². The summed E-state index contributed by atoms with van der Waals surface area (Å²) in [6.07, 6.45) is 12.3. The van der Waals surface area contributed by atoms with Crippen LogP contribution in [0.1, 0.15) is 174 Å². The molecule has 4 atom stereocenters. The van der Waals surface area contributed by atoms with E-state index in [0.717, 1.165) is 11.2 Å². The van der Waals surface area contributed by atoms with Gasteiger partial charge in [-0.2, -0.15) is 0 Å². The normalized spacial score (nSPS) is 27.5. The maximum atomic E-state index is 6.74. The van der Waals surface area contributed by atoms with Crippen molar-refractivity contribution in [1.29, 1.82) is 0 Å². The molecule has 5 heteroatoms. The number of rotatable bonds is 2. The molecular formula is C65H72BN3O. The summed E-state index contributed by atoms with van der Waals surface area (Å²) in [6, 6.07) is 39.0. The van der Waals surface area contributed by atoms with Crippen molar-refractivity contribution in [2.75, 3.05) is 14.7 Å². The van der Waals surface area contributed by atoms with Crippen LogP contribution in [0, 0.1) is 6.92 Å². The molecule has 14 rings (SSSR count). The molecule has 0 bridgehead atoms. The van der Waals surface area contributed by atoms with Crippen LogP contribution in [0.3, 0.4) is 0 Å². The molecule has 356 valence electrons. The first-order chi connectivity index (χ1) is 33.2. The average Bonchev–Trinajstić information content (AvgIpc) is 3.87. The molecule has 5 heterocycles. The smallest absolute Gasteiger partial charge is 0.252 e. The van der Waals surface area contributed by atoms with E-state index in [4.69, 9.17) is 4.42 Å². The molecule has 0 saturated heterocycles. The highest BCUT2D eigenvalue weighted by Crippen LogP contribution is 2.65. The second kappa shape index (κ2) is 13.5. The lowest BCUT2D eigenvalue weighted by Gasteiger charge is -2.53. The number of benzene rings is 6. The molecular weight excluding hydrogens is 850 g/mol. The van der Waals surface area contributed by atoms with Crippen molar-refractivity contribution < 1.29 is 4.42 Å². The van der Waals surface area contributed by atoms with Crippen LogP contribution in [0.25, 0.3) is 21.9 Å². The number of hydrogen-bond donors (Lipinski definition) is 0. The van der Waals surface area contributed by atoms with Gasteiger partial charge in [0.05, 0.1) is 22.2 Å². The molecule has 6 aromatic carbocycles. The van der Waals surface area contributed by atoms with Crippen molar-refractivity contribution in [3.05, 3.63) is 130 Å². The number of fused-ring (bicyclic) bond motifs is 14. The number of hydrogen-bond acceptors (Lipinski definition) is 4. The van der Waals surface area contributed by atoms with Gasteiger partial charge in [0.25, 0.3) is 6.71 Å². The molecule has 2 saturated carbocycles. The van der Waals surface area contributed by atoms with E-state index in [2.05, 4.69) is 195 Å². The van der Waals surface area contributed by atoms with E-state index in [9.17, 15) is 0 Å². The summed E-state index contributed by atoms with van der Waals surface area (Å²) in [5.74, 6) is 0. The summed E-state index contributed by atoms with van der Waals surface area (Å²) in [6.45, 7) is 30.2. The van der Waals surface area contributed by atoms with Crippen LogP contribution in [0.4, 0.5) is 39.8 Å². The third-order valence-corrected chi connectivity index (χ3v) is 21.0. The zero-order chi connectivity index (χ0) is 48.4. The Morgan fingerprint density at radius 3 is 1.89 bits per heavy atom. The third kappa shape index (κ3) is 5.20. The zero-order valence-electron chi connectivity index (χ0n) is 44.1. The van der Waals surface area contributed by atoms with Crippen LogP contribution in [0.15, 0.2) is 101 Å². The van der Waals surface area contributed by atoms with Gasteiger partial charge in [0.15, 0.2) is 0 Å². The fraction of sp³-hybridized carbons (Fsp3) is 0.446. The molecule has 1 aromatic heterocycles. The van der Waals surface area contributed by atoms with Crippen molar-refractivity contribution in [2.45, 2.75) is 185 Å². The minimum Gasteiger partial charge on any atom is -0.456 e. The summed E-state index contributed by atoms with van der Waals surface area (Å²) >= 11 is 0. The predicted molar refractivity (Wildman–Crippen MR) is 297 cm³/mol. The molecule has 70 heavy (non-hydrogen) atoms. The molecule has 7 aromatic rings. The fourth-order valence-corrected chi connectivity index (χ4v) is 16.4. The Morgan fingerprint density at radius 2 is 1.16 bits per heavy atom. The Balaban J connectivity index is 1.09. The third-order valence-electron chi connectivity index (χ3n) is 21.0. The lowest BCUT2D eigenvalue weighted by molar-refractivity contribution is 0.194. The minimum absolute atomic E-state index is 0.00363. The van der Waals surface area contributed by atoms with E-state index in [1.54, 1.807) is 22.3 Å². The van der Waals surface area contributed by atoms with Gasteiger partial charge in [0.2, 0.25) is 0 Å². The van der Waals surface area contributed by atoms with E-state index in [1.807, 2.05) is 0 Å². The van der Waals surface area contributed by atoms with E-state index in [-0.39, 0.29) is 44.9 Å². The molecule has 3 aliphatic carbocycles. The van der Waals surface area contributed by atoms with Gasteiger partial charge < -0.3 is 19.1 Å². The lowest BCUT2D eigenvalue weighted by Crippen LogP contribution is -2.64. The van der Waals surface area contributed by atoms with Crippen LogP contribution in [-0.2, 0) is 27.1 Å². The van der Waals surface area contributed by atoms with Crippen molar-refractivity contribution in [1.82, 2.24) is 0 Å². The van der Waals surface area contributed by atoms with Gasteiger partial charge in [-0.1, -0.05) is 137 Å². The van der Waals surface area contributed by atoms with Gasteiger partial charge in [-0.3, -0.25) is 0 Å². The van der Waals surface area contributed by atoms with Gasteiger partial charge in [-0.15, -0.1) is 0 Å². The Hall–Kier alpha value is -5.42. The standard InChI is InChI=1S/C65H72BN3O/c1-39-32-52-57-53(33-39)69-58-46(63(10)27-16-18-29-65(63,69)12)34-40(59(2,3)4)35-48(58)66(57)47-25-24-41(36-51(47)67(52)49-21-19-23-55-56(49)42-20-13-14-22-54(42)70-55)68-50-38-44-43(60(5,6)30-31-61(44,7)8)37-45(50)62(9)26-15-17-28-64(62,68)11/h13-14,19-25,32-38H,15-18,26-31H2,1-12H3. The number of para-hydroxylation sites is 1. The van der Waals surface area contributed by atoms with E-state index in [0.29, 0.717) is 0 Å². The fourth-order valence-electron chi connectivity index (χ4n) is 16.4. The Morgan fingerprint density at radius 1 is 0.514 bits per heavy atom. The summed E-state index contributed by atoms with van der Waals surface area (Å²) < 4.78 is 6.74. The van der Waals surface area contributed by atoms with E-state index < -0.39 is 0 Å². The van der Waals surface area contributed by atoms with E-state index >= 15 is 0 Å². The first kappa shape index (κ1) is 43.4. The highest BCUT2D eigenvalue weighted by molar-refractivity contribution is 7.00. The Kier molecular flexibility index (Phi) is 8.40. The highest BCUT2D eigenvalue weighted by Gasteiger charge is 2.63. The van der Waals surface area contributed by atoms with Crippen molar-refractivity contribution >= 4 is 84.9 Å². The SMILES string of the molecule is Cc1cc2c3c(c1)N1c4c(cc(C(C)(C)C)cc4C4(C)CCCCC14C)B3c1ccc(N3c4cc5c(cc4C4(C)CCCCC34C)C(C)(C)CCC5(C)C)cc1N2c1cccc2oc3ccccc3c12. The summed E-state index contributed by atoms with van der Waals surface area (Å²) in [5.41, 5.74) is 24.8. The minimum atomic E-state index is -0.0869. The van der Waals surface area contributed by atoms with Crippen molar-refractivity contribution in [3.8, 4) is 0 Å². The molecule has 4 aliphatic heterocycles.